The fraction of sp³-hybridized carbons (Fsp3) is 0.671. The number of aromatic amines is 4. The van der Waals surface area contributed by atoms with Crippen LogP contribution in [-0.2, 0) is 25.4 Å². The van der Waals surface area contributed by atoms with Crippen LogP contribution in [0.5, 0.6) is 0 Å². The van der Waals surface area contributed by atoms with Crippen molar-refractivity contribution < 1.29 is 59.8 Å². The Labute approximate surface area is 661 Å². The number of nitrogens with zero attached hydrogens (tertiary/aromatic N) is 12. The lowest BCUT2D eigenvalue weighted by molar-refractivity contribution is -0.0400. The summed E-state index contributed by atoms with van der Waals surface area (Å²) in [6.07, 6.45) is 18.0. The smallest absolute Gasteiger partial charge is 0.280 e. The maximum Gasteiger partial charge on any atom is 0.280 e. The van der Waals surface area contributed by atoms with Gasteiger partial charge >= 0.3 is 0 Å². The van der Waals surface area contributed by atoms with Gasteiger partial charge in [-0.25, -0.2) is 34.9 Å². The Hall–Kier alpha value is -5.38. The summed E-state index contributed by atoms with van der Waals surface area (Å²) in [7, 11) is 1.63. The van der Waals surface area contributed by atoms with Crippen molar-refractivity contribution in [2.24, 2.45) is 0 Å². The monoisotopic (exact) mass is 1680 g/mol. The Kier molecular flexibility index (Phi) is 31.0. The van der Waals surface area contributed by atoms with Gasteiger partial charge in [0.1, 0.15) is 72.1 Å². The molecule has 16 atom stereocenters. The third kappa shape index (κ3) is 22.3. The van der Waals surface area contributed by atoms with Gasteiger partial charge in [-0.1, -0.05) is 70.0 Å². The molecule has 0 saturated carbocycles. The molecule has 0 amide bonds. The van der Waals surface area contributed by atoms with Crippen LogP contribution in [0.4, 0.5) is 5.95 Å². The Morgan fingerprint density at radius 1 is 0.429 bits per heavy atom. The summed E-state index contributed by atoms with van der Waals surface area (Å²) >= 11 is 3.00. The minimum Gasteiger partial charge on any atom is -0.388 e. The van der Waals surface area contributed by atoms with Crippen molar-refractivity contribution >= 4 is 127 Å². The van der Waals surface area contributed by atoms with Crippen LogP contribution in [-0.4, -0.2) is 314 Å². The van der Waals surface area contributed by atoms with Gasteiger partial charge < -0.3 is 80.1 Å². The summed E-state index contributed by atoms with van der Waals surface area (Å²) in [6, 6.07) is 0. The molecule has 4 aliphatic heterocycles. The normalized spacial score (nSPS) is 25.6. The van der Waals surface area contributed by atoms with E-state index in [4.69, 9.17) is 18.9 Å². The van der Waals surface area contributed by atoms with Crippen LogP contribution in [0.1, 0.15) is 140 Å². The average molecular weight is 1680 g/mol. The van der Waals surface area contributed by atoms with Crippen LogP contribution in [0.3, 0.4) is 0 Å². The van der Waals surface area contributed by atoms with Gasteiger partial charge in [0.2, 0.25) is 5.95 Å². The lowest BCUT2D eigenvalue weighted by Gasteiger charge is -2.20. The molecule has 0 aliphatic carbocycles. The molecule has 12 rings (SSSR count). The van der Waals surface area contributed by atoms with Crippen LogP contribution < -0.4 is 27.6 Å². The number of aliphatic hydroxyl groups excluding tert-OH is 8. The minimum absolute atomic E-state index is 0.151. The second kappa shape index (κ2) is 38.4. The SMILES string of the molecule is C=P(C)(C)CC[C@H]1O[C@@H](n2c(CCCCC)nc3c(=O)[nH]c(C)nc32)[C@H](O)[C@@H]1O.C=P(C)(C)CC[C@H]1O[C@@H](n2c(SCCC)nc3c(=O)[nH]c(C)nc32)[C@H](O)[C@@H]1O.C=P(C)(C)CC[C@H]1O[C@@H](n2c(SCCCCC)nc3c(=O)[nH]c(C)nc32)[C@H](O)[C@@H]1O.C=P(C)(C)CC[C@H]1O[C@@H](n2cnc3c(=O)[nH]c(NC)nc32)[C@H](O)[C@@H]1O. The highest BCUT2D eigenvalue weighted by atomic mass is 32.2. The van der Waals surface area contributed by atoms with E-state index in [-0.39, 0.29) is 55.9 Å². The molecule has 0 radical (unpaired) electrons. The Morgan fingerprint density at radius 3 is 1.16 bits per heavy atom. The fourth-order valence-electron chi connectivity index (χ4n) is 13.5. The number of rotatable bonds is 29. The van der Waals surface area contributed by atoms with Gasteiger partial charge in [-0.3, -0.25) is 42.4 Å². The average Bonchev–Trinajstić information content (AvgIpc) is 1.61. The van der Waals surface area contributed by atoms with Crippen molar-refractivity contribution in [3.05, 3.63) is 71.0 Å². The van der Waals surface area contributed by atoms with E-state index in [9.17, 15) is 60.0 Å². The predicted octanol–water partition coefficient (Wildman–Crippen LogP) is 5.84. The first-order chi connectivity index (χ1) is 52.6. The van der Waals surface area contributed by atoms with Crippen molar-refractivity contribution in [1.29, 1.82) is 0 Å². The summed E-state index contributed by atoms with van der Waals surface area (Å²) < 4.78 is 30.8. The summed E-state index contributed by atoms with van der Waals surface area (Å²) in [5.74, 6) is 3.96. The summed E-state index contributed by atoms with van der Waals surface area (Å²) in [5.41, 5.74) is 0.885. The maximum absolute atomic E-state index is 12.4. The van der Waals surface area contributed by atoms with E-state index in [2.05, 4.69) is 164 Å². The van der Waals surface area contributed by atoms with E-state index >= 15 is 0 Å². The lowest BCUT2D eigenvalue weighted by atomic mass is 10.1. The van der Waals surface area contributed by atoms with E-state index in [1.165, 1.54) is 34.4 Å². The molecule has 0 bridgehead atoms. The zero-order valence-electron chi connectivity index (χ0n) is 67.2. The van der Waals surface area contributed by atoms with Gasteiger partial charge in [0.05, 0.1) is 30.7 Å². The van der Waals surface area contributed by atoms with Crippen LogP contribution in [0.2, 0.25) is 0 Å². The number of thioether (sulfide) groups is 2. The molecule has 33 nitrogen and oxygen atoms in total. The zero-order valence-corrected chi connectivity index (χ0v) is 72.4. The molecule has 4 aliphatic rings. The van der Waals surface area contributed by atoms with E-state index in [1.807, 2.05) is 0 Å². The van der Waals surface area contributed by atoms with Gasteiger partial charge in [-0.05, 0) is 144 Å². The first-order valence-corrected chi connectivity index (χ1v) is 52.4. The molecule has 624 valence electrons. The van der Waals surface area contributed by atoms with Crippen molar-refractivity contribution in [3.63, 3.8) is 0 Å². The quantitative estimate of drug-likeness (QED) is 0.0149. The highest BCUT2D eigenvalue weighted by molar-refractivity contribution is 7.99. The number of nitrogens with one attached hydrogen (secondary N) is 5. The van der Waals surface area contributed by atoms with Gasteiger partial charge in [0.25, 0.3) is 22.2 Å². The molecular formula is C73H119N17O16P4S2. The van der Waals surface area contributed by atoms with Gasteiger partial charge in [-0.2, -0.15) is 4.98 Å². The van der Waals surface area contributed by atoms with E-state index < -0.39 is 126 Å². The number of unbranched alkanes of at least 4 members (excludes halogenated alkanes) is 4. The van der Waals surface area contributed by atoms with Gasteiger partial charge in [0, 0.05) is 25.0 Å². The van der Waals surface area contributed by atoms with Crippen LogP contribution in [0, 0.1) is 20.8 Å². The molecule has 4 saturated heterocycles. The van der Waals surface area contributed by atoms with Gasteiger partial charge in [-0.15, -0.1) is 52.7 Å². The van der Waals surface area contributed by atoms with Crippen molar-refractivity contribution in [3.8, 4) is 0 Å². The molecule has 8 aromatic heterocycles. The molecule has 8 aromatic rings. The molecule has 12 heterocycles. The number of aliphatic hydroxyl groups is 8. The topological polar surface area (TPSA) is 465 Å². The molecule has 0 spiro atoms. The summed E-state index contributed by atoms with van der Waals surface area (Å²) in [6.45, 7) is 23.4. The maximum atomic E-state index is 12.4. The standard InChI is InChI=1S/C20H33N4O4PS.C20H33N4O4P.C18H29N4O4PS.C15H24N5O4P/c1-6-7-8-11-30-20-23-14-17(21-12(2)22-18(14)27)24(20)19-16(26)15(25)13(28-19)9-10-29(3,4)5;1-6-7-8-9-14-23-15-18(21-12(2)22-19(15)27)24(14)20-17(26)16(25)13(28-20)10-11-29(3,4)5;1-6-9-28-18-21-12-15(19-10(2)20-16(12)25)22(18)17-14(24)13(23)11(26-17)7-8-27(3,4)5;1-16-15-18-12-9(13(23)19-15)17-7-20(12)14-11(22)10(21)8(24-14)5-6-25(2,3)4/h13,15-16,19,25-26H,3,6-11H2,1-2,4-5H3,(H,21,22,27);13,16-17,20,25-26H,3,6-11H2,1-2,4-5H3,(H,21,22,27);11,13-14,17,23-24H,3,6-9H2,1-2,4-5H3,(H,19,20,25);7-8,10-11,14,21-22H,2,5-6H2,1,3-4H3,(H2,16,18,19,23)/t13-,15-,16-,19-;13-,16-,17-,20-;11-,13-,14-,17-;8-,10-,11-,14-/m1111/s1. The molecule has 39 heteroatoms. The Balaban J connectivity index is 0.000000172. The molecule has 0 aromatic carbocycles. The predicted molar refractivity (Wildman–Crippen MR) is 456 cm³/mol. The molecule has 13 N–H and O–H groups in total. The number of imidazole rings is 4. The second-order valence-corrected chi connectivity index (χ2v) is 51.6. The third-order valence-corrected chi connectivity index (χ3v) is 27.6. The van der Waals surface area contributed by atoms with Crippen molar-refractivity contribution in [2.75, 3.05) is 102 Å². The Morgan fingerprint density at radius 2 is 0.777 bits per heavy atom. The third-order valence-electron chi connectivity index (χ3n) is 19.6. The highest BCUT2D eigenvalue weighted by Crippen LogP contribution is 2.45. The number of aryl methyl sites for hydroxylation is 4. The van der Waals surface area contributed by atoms with E-state index in [0.717, 1.165) is 81.1 Å². The van der Waals surface area contributed by atoms with Crippen LogP contribution in [0.15, 0.2) is 35.8 Å². The molecular weight excluding hydrogens is 1560 g/mol. The largest absolute Gasteiger partial charge is 0.388 e. The minimum atomic E-state index is -1.28. The summed E-state index contributed by atoms with van der Waals surface area (Å²) in [5, 5.41) is 88.8. The number of H-pyrrole nitrogens is 4. The summed E-state index contributed by atoms with van der Waals surface area (Å²) in [4.78, 5) is 95.0. The second-order valence-electron chi connectivity index (χ2n) is 32.2. The van der Waals surface area contributed by atoms with E-state index in [0.29, 0.717) is 82.7 Å². The molecule has 0 unspecified atom stereocenters. The number of hydrogen-bond acceptors (Lipinski definition) is 27. The number of ether oxygens (including phenoxy) is 4. The lowest BCUT2D eigenvalue weighted by Crippen LogP contribution is -2.32. The number of hydrogen-bond donors (Lipinski definition) is 13. The number of fused-ring (bicyclic) bond motifs is 4. The van der Waals surface area contributed by atoms with Crippen LogP contribution in [0.25, 0.3) is 44.7 Å². The number of aromatic nitrogens is 16. The molecule has 4 fully saturated rings. The van der Waals surface area contributed by atoms with Crippen molar-refractivity contribution in [2.45, 2.75) is 227 Å². The van der Waals surface area contributed by atoms with Crippen molar-refractivity contribution in [1.82, 2.24) is 78.1 Å². The first-order valence-electron chi connectivity index (χ1n) is 38.2. The first kappa shape index (κ1) is 90.5. The highest BCUT2D eigenvalue weighted by Gasteiger charge is 2.49. The Bertz CT molecular complexity index is 5000. The number of anilines is 1. The van der Waals surface area contributed by atoms with Crippen LogP contribution >= 0.6 is 51.1 Å². The van der Waals surface area contributed by atoms with E-state index in [1.54, 1.807) is 41.5 Å². The zero-order chi connectivity index (χ0) is 82.4. The molecule has 112 heavy (non-hydrogen) atoms. The van der Waals surface area contributed by atoms with Gasteiger partial charge in [0.15, 0.2) is 79.9 Å². The fourth-order valence-corrected chi connectivity index (χ4v) is 19.2.